The van der Waals surface area contributed by atoms with Gasteiger partial charge in [-0.1, -0.05) is 57.9 Å². The van der Waals surface area contributed by atoms with Gasteiger partial charge in [0.15, 0.2) is 11.5 Å². The van der Waals surface area contributed by atoms with Crippen LogP contribution in [0.25, 0.3) is 10.8 Å². The van der Waals surface area contributed by atoms with E-state index < -0.39 is 0 Å². The van der Waals surface area contributed by atoms with Crippen LogP contribution in [0.5, 0.6) is 11.5 Å². The summed E-state index contributed by atoms with van der Waals surface area (Å²) in [5.41, 5.74) is 3.71. The fourth-order valence-electron chi connectivity index (χ4n) is 2.71. The summed E-state index contributed by atoms with van der Waals surface area (Å²) in [4.78, 5) is 12.3. The van der Waals surface area contributed by atoms with Crippen LogP contribution in [0.4, 0.5) is 0 Å². The molecule has 1 amide bonds. The number of halogens is 2. The number of ether oxygens (including phenoxy) is 1. The lowest BCUT2D eigenvalue weighted by Gasteiger charge is -2.08. The molecule has 0 aliphatic carbocycles. The molecule has 0 saturated carbocycles. The van der Waals surface area contributed by atoms with Crippen molar-refractivity contribution < 1.29 is 14.6 Å². The van der Waals surface area contributed by atoms with Crippen molar-refractivity contribution in [3.05, 3.63) is 69.2 Å². The highest BCUT2D eigenvalue weighted by molar-refractivity contribution is 9.10. The van der Waals surface area contributed by atoms with Gasteiger partial charge in [0.05, 0.1) is 19.7 Å². The van der Waals surface area contributed by atoms with E-state index >= 15 is 0 Å². The van der Waals surface area contributed by atoms with Gasteiger partial charge < -0.3 is 9.84 Å². The van der Waals surface area contributed by atoms with Crippen LogP contribution < -0.4 is 10.2 Å². The second kappa shape index (κ2) is 8.41. The van der Waals surface area contributed by atoms with Crippen molar-refractivity contribution in [3.8, 4) is 11.5 Å². The summed E-state index contributed by atoms with van der Waals surface area (Å²) in [5.74, 6) is -0.136. The van der Waals surface area contributed by atoms with E-state index in [9.17, 15) is 9.90 Å². The van der Waals surface area contributed by atoms with Crippen LogP contribution in [-0.2, 0) is 11.2 Å². The van der Waals surface area contributed by atoms with E-state index in [1.807, 2.05) is 36.4 Å². The number of nitrogens with zero attached hydrogens (tertiary/aromatic N) is 1. The maximum Gasteiger partial charge on any atom is 0.244 e. The summed E-state index contributed by atoms with van der Waals surface area (Å²) in [5, 5.41) is 16.4. The van der Waals surface area contributed by atoms with E-state index in [-0.39, 0.29) is 23.8 Å². The van der Waals surface area contributed by atoms with Gasteiger partial charge in [0, 0.05) is 21.1 Å². The number of aromatic hydroxyl groups is 1. The van der Waals surface area contributed by atoms with Gasteiger partial charge in [0.25, 0.3) is 0 Å². The van der Waals surface area contributed by atoms with Gasteiger partial charge in [-0.15, -0.1) is 0 Å². The molecule has 0 bridgehead atoms. The first-order chi connectivity index (χ1) is 13.0. The summed E-state index contributed by atoms with van der Waals surface area (Å²) in [6, 6.07) is 14.7. The monoisotopic (exact) mass is 446 g/mol. The van der Waals surface area contributed by atoms with Gasteiger partial charge in [0.2, 0.25) is 5.91 Å². The Morgan fingerprint density at radius 2 is 2.00 bits per heavy atom. The van der Waals surface area contributed by atoms with E-state index in [2.05, 4.69) is 26.5 Å². The lowest BCUT2D eigenvalue weighted by molar-refractivity contribution is -0.120. The molecule has 5 nitrogen and oxygen atoms in total. The number of carbonyl (C=O) groups excluding carboxylic acids is 1. The Morgan fingerprint density at radius 1 is 1.26 bits per heavy atom. The van der Waals surface area contributed by atoms with Crippen LogP contribution in [0.3, 0.4) is 0 Å². The summed E-state index contributed by atoms with van der Waals surface area (Å²) in [6.07, 6.45) is 1.50. The molecule has 0 aliphatic heterocycles. The summed E-state index contributed by atoms with van der Waals surface area (Å²) in [6.45, 7) is 0. The Balaban J connectivity index is 1.74. The number of phenols is 1. The van der Waals surface area contributed by atoms with Crippen molar-refractivity contribution in [2.24, 2.45) is 5.10 Å². The number of hydrazone groups is 1. The molecule has 7 heteroatoms. The lowest BCUT2D eigenvalue weighted by Crippen LogP contribution is -2.20. The quantitative estimate of drug-likeness (QED) is 0.441. The molecule has 0 radical (unpaired) electrons. The Labute approximate surface area is 169 Å². The zero-order valence-electron chi connectivity index (χ0n) is 14.4. The maximum atomic E-state index is 12.3. The Hall–Kier alpha value is -2.57. The van der Waals surface area contributed by atoms with Crippen molar-refractivity contribution in [2.45, 2.75) is 6.42 Å². The molecular weight excluding hydrogens is 432 g/mol. The van der Waals surface area contributed by atoms with Crippen LogP contribution in [0.1, 0.15) is 11.1 Å². The predicted molar refractivity (Wildman–Crippen MR) is 111 cm³/mol. The minimum Gasteiger partial charge on any atom is -0.504 e. The van der Waals surface area contributed by atoms with Crippen LogP contribution in [0.2, 0.25) is 5.02 Å². The van der Waals surface area contributed by atoms with Gasteiger partial charge in [-0.25, -0.2) is 5.43 Å². The summed E-state index contributed by atoms with van der Waals surface area (Å²) >= 11 is 9.49. The van der Waals surface area contributed by atoms with Crippen molar-refractivity contribution in [1.82, 2.24) is 5.43 Å². The number of rotatable bonds is 5. The molecule has 27 heavy (non-hydrogen) atoms. The number of amides is 1. The number of benzene rings is 3. The van der Waals surface area contributed by atoms with Gasteiger partial charge in [-0.05, 0) is 28.5 Å². The predicted octanol–water partition coefficient (Wildman–Crippen LogP) is 4.66. The fraction of sp³-hybridized carbons (Fsp3) is 0.100. The van der Waals surface area contributed by atoms with Gasteiger partial charge >= 0.3 is 0 Å². The molecule has 0 saturated heterocycles. The zero-order chi connectivity index (χ0) is 19.4. The summed E-state index contributed by atoms with van der Waals surface area (Å²) in [7, 11) is 1.43. The number of nitrogens with one attached hydrogen (secondary N) is 1. The van der Waals surface area contributed by atoms with Crippen molar-refractivity contribution >= 4 is 50.4 Å². The van der Waals surface area contributed by atoms with Crippen LogP contribution in [0.15, 0.2) is 58.1 Å². The molecule has 0 aliphatic rings. The normalized spacial score (nSPS) is 11.1. The minimum absolute atomic E-state index is 0.0983. The van der Waals surface area contributed by atoms with Gasteiger partial charge in [-0.2, -0.15) is 5.10 Å². The minimum atomic E-state index is -0.271. The van der Waals surface area contributed by atoms with Gasteiger partial charge in [0.1, 0.15) is 0 Å². The molecule has 138 valence electrons. The third-order valence-electron chi connectivity index (χ3n) is 3.99. The van der Waals surface area contributed by atoms with Crippen LogP contribution >= 0.6 is 27.5 Å². The molecule has 0 spiro atoms. The maximum absolute atomic E-state index is 12.3. The van der Waals surface area contributed by atoms with Crippen LogP contribution in [-0.4, -0.2) is 24.3 Å². The first kappa shape index (κ1) is 19.2. The third kappa shape index (κ3) is 4.40. The topological polar surface area (TPSA) is 70.9 Å². The Morgan fingerprint density at radius 3 is 2.74 bits per heavy atom. The number of carbonyl (C=O) groups is 1. The number of hydrogen-bond acceptors (Lipinski definition) is 4. The molecular formula is C20H16BrClN2O3. The van der Waals surface area contributed by atoms with Crippen molar-refractivity contribution in [1.29, 1.82) is 0 Å². The van der Waals surface area contributed by atoms with E-state index in [1.54, 1.807) is 0 Å². The van der Waals surface area contributed by atoms with E-state index in [4.69, 9.17) is 16.3 Å². The van der Waals surface area contributed by atoms with Gasteiger partial charge in [-0.3, -0.25) is 4.79 Å². The molecule has 2 N–H and O–H groups in total. The molecule has 0 fully saturated rings. The van der Waals surface area contributed by atoms with Crippen molar-refractivity contribution in [2.75, 3.05) is 7.11 Å². The second-order valence-corrected chi connectivity index (χ2v) is 7.06. The highest BCUT2D eigenvalue weighted by Gasteiger charge is 2.10. The third-order valence-corrected chi connectivity index (χ3v) is 4.90. The molecule has 0 heterocycles. The van der Waals surface area contributed by atoms with E-state index in [0.717, 1.165) is 20.8 Å². The smallest absolute Gasteiger partial charge is 0.244 e. The highest BCUT2D eigenvalue weighted by atomic mass is 79.9. The molecule has 0 aromatic heterocycles. The molecule has 3 rings (SSSR count). The second-order valence-electron chi connectivity index (χ2n) is 5.77. The molecule has 3 aromatic carbocycles. The Bertz CT molecular complexity index is 1040. The highest BCUT2D eigenvalue weighted by Crippen LogP contribution is 2.32. The zero-order valence-corrected chi connectivity index (χ0v) is 16.7. The number of phenolic OH excluding ortho intramolecular Hbond substituents is 1. The number of methoxy groups -OCH3 is 1. The largest absolute Gasteiger partial charge is 0.504 e. The van der Waals surface area contributed by atoms with E-state index in [1.165, 1.54) is 25.5 Å². The summed E-state index contributed by atoms with van der Waals surface area (Å²) < 4.78 is 6.01. The first-order valence-corrected chi connectivity index (χ1v) is 9.21. The molecule has 3 aromatic rings. The molecule has 0 atom stereocenters. The SMILES string of the molecule is COc1cc(Cl)cc(/C=N\NC(=O)Cc2ccc(Br)c3ccccc23)c1O. The van der Waals surface area contributed by atoms with E-state index in [0.29, 0.717) is 10.6 Å². The Kier molecular flexibility index (Phi) is 5.98. The lowest BCUT2D eigenvalue weighted by atomic mass is 10.0. The molecule has 0 unspecified atom stereocenters. The first-order valence-electron chi connectivity index (χ1n) is 8.04. The average Bonchev–Trinajstić information content (AvgIpc) is 2.66. The standard InChI is InChI=1S/C20H16BrClN2O3/c1-27-18-10-14(22)8-13(20(18)26)11-23-24-19(25)9-12-6-7-17(21)16-5-3-2-4-15(12)16/h2-8,10-11,26H,9H2,1H3,(H,24,25)/b23-11-. The number of hydrogen-bond donors (Lipinski definition) is 2. The number of fused-ring (bicyclic) bond motifs is 1. The van der Waals surface area contributed by atoms with Crippen molar-refractivity contribution in [3.63, 3.8) is 0 Å². The van der Waals surface area contributed by atoms with Crippen LogP contribution in [0, 0.1) is 0 Å². The fourth-order valence-corrected chi connectivity index (χ4v) is 3.41. The average molecular weight is 448 g/mol.